The minimum atomic E-state index is -0.764. The molecular weight excluding hydrogens is 997 g/mol. The molecule has 0 saturated heterocycles. The van der Waals surface area contributed by atoms with Crippen LogP contribution in [0.5, 0.6) is 0 Å². The van der Waals surface area contributed by atoms with Crippen molar-refractivity contribution in [1.82, 2.24) is 0 Å². The summed E-state index contributed by atoms with van der Waals surface area (Å²) in [4.78, 5) is 38.5. The Morgan fingerprint density at radius 2 is 0.333 bits per heavy atom. The van der Waals surface area contributed by atoms with Crippen molar-refractivity contribution in [3.63, 3.8) is 0 Å². The number of carbonyl (C=O) groups is 3. The lowest BCUT2D eigenvalue weighted by molar-refractivity contribution is -0.167. The minimum Gasteiger partial charge on any atom is -0.462 e. The maximum absolute atomic E-state index is 13.0. The van der Waals surface area contributed by atoms with E-state index in [0.717, 1.165) is 57.8 Å². The zero-order valence-corrected chi connectivity index (χ0v) is 55.6. The van der Waals surface area contributed by atoms with Crippen LogP contribution in [0.15, 0.2) is 0 Å². The third kappa shape index (κ3) is 69.1. The monoisotopic (exact) mass is 1140 g/mol. The molecule has 0 aromatic rings. The lowest BCUT2D eigenvalue weighted by atomic mass is 10.0. The van der Waals surface area contributed by atoms with Gasteiger partial charge in [-0.15, -0.1) is 0 Å². The molecule has 0 N–H and O–H groups in total. The Hall–Kier alpha value is -1.59. The van der Waals surface area contributed by atoms with Crippen LogP contribution in [0.3, 0.4) is 0 Å². The highest BCUT2D eigenvalue weighted by molar-refractivity contribution is 5.71. The molecule has 0 aromatic carbocycles. The summed E-state index contributed by atoms with van der Waals surface area (Å²) >= 11 is 0. The lowest BCUT2D eigenvalue weighted by Gasteiger charge is -2.18. The first-order valence-corrected chi connectivity index (χ1v) is 37.5. The quantitative estimate of drug-likeness (QED) is 0.0343. The van der Waals surface area contributed by atoms with Crippen LogP contribution < -0.4 is 0 Å². The standard InChI is InChI=1S/C75H146O6/c1-4-7-10-13-16-19-22-25-28-31-33-35-36-37-38-40-41-44-47-50-53-56-59-62-65-68-74(77)80-71-72(70-79-73(76)67-64-61-58-55-52-49-46-43-30-27-24-21-18-15-12-9-6-3)81-75(78)69-66-63-60-57-54-51-48-45-42-39-34-32-29-26-23-20-17-14-11-8-5-2/h72H,4-71H2,1-3H3. The van der Waals surface area contributed by atoms with Gasteiger partial charge in [0, 0.05) is 19.3 Å². The fourth-order valence-electron chi connectivity index (χ4n) is 12.0. The SMILES string of the molecule is CCCCCCCCCCCCCCCCCCCCCCCCCCCC(=O)OCC(COC(=O)CCCCCCCCCCCCCCCCCCC)OC(=O)CCCCCCCCCCCCCCCCCCCCCCC. The number of hydrogen-bond donors (Lipinski definition) is 0. The minimum absolute atomic E-state index is 0.0598. The van der Waals surface area contributed by atoms with Crippen molar-refractivity contribution in [3.8, 4) is 0 Å². The number of carbonyl (C=O) groups excluding carboxylic acids is 3. The lowest BCUT2D eigenvalue weighted by Crippen LogP contribution is -2.30. The maximum Gasteiger partial charge on any atom is 0.306 e. The molecule has 0 radical (unpaired) electrons. The average Bonchev–Trinajstić information content (AvgIpc) is 3.47. The van der Waals surface area contributed by atoms with Gasteiger partial charge in [-0.05, 0) is 19.3 Å². The summed E-state index contributed by atoms with van der Waals surface area (Å²) in [5, 5.41) is 0. The molecule has 1 unspecified atom stereocenters. The van der Waals surface area contributed by atoms with Crippen molar-refractivity contribution in [2.24, 2.45) is 0 Å². The number of rotatable bonds is 71. The van der Waals surface area contributed by atoms with Gasteiger partial charge < -0.3 is 14.2 Å². The first kappa shape index (κ1) is 79.4. The molecule has 0 aromatic heterocycles. The van der Waals surface area contributed by atoms with Gasteiger partial charge in [0.1, 0.15) is 13.2 Å². The fourth-order valence-corrected chi connectivity index (χ4v) is 12.0. The molecule has 6 nitrogen and oxygen atoms in total. The Kier molecular flexibility index (Phi) is 69.5. The van der Waals surface area contributed by atoms with Gasteiger partial charge >= 0.3 is 17.9 Å². The Bertz CT molecular complexity index is 1220. The topological polar surface area (TPSA) is 78.9 Å². The molecule has 0 bridgehead atoms. The summed E-state index contributed by atoms with van der Waals surface area (Å²) in [5.74, 6) is -0.814. The van der Waals surface area contributed by atoms with Crippen molar-refractivity contribution in [1.29, 1.82) is 0 Å². The van der Waals surface area contributed by atoms with Crippen molar-refractivity contribution >= 4 is 17.9 Å². The summed E-state index contributed by atoms with van der Waals surface area (Å²) < 4.78 is 17.1. The Morgan fingerprint density at radius 3 is 0.494 bits per heavy atom. The van der Waals surface area contributed by atoms with Gasteiger partial charge in [-0.3, -0.25) is 14.4 Å². The van der Waals surface area contributed by atoms with Crippen LogP contribution in [-0.2, 0) is 28.6 Å². The van der Waals surface area contributed by atoms with E-state index in [1.165, 1.54) is 347 Å². The van der Waals surface area contributed by atoms with E-state index < -0.39 is 6.10 Å². The molecule has 6 heteroatoms. The van der Waals surface area contributed by atoms with Gasteiger partial charge in [0.05, 0.1) is 0 Å². The second-order valence-electron chi connectivity index (χ2n) is 25.9. The zero-order valence-electron chi connectivity index (χ0n) is 55.6. The smallest absolute Gasteiger partial charge is 0.306 e. The van der Waals surface area contributed by atoms with E-state index in [1.807, 2.05) is 0 Å². The molecule has 0 fully saturated rings. The highest BCUT2D eigenvalue weighted by Gasteiger charge is 2.20. The summed E-state index contributed by atoms with van der Waals surface area (Å²) in [5.41, 5.74) is 0. The molecule has 0 saturated carbocycles. The average molecular weight is 1140 g/mol. The van der Waals surface area contributed by atoms with Gasteiger partial charge in [-0.2, -0.15) is 0 Å². The van der Waals surface area contributed by atoms with Gasteiger partial charge in [0.15, 0.2) is 6.10 Å². The van der Waals surface area contributed by atoms with Crippen molar-refractivity contribution < 1.29 is 28.6 Å². The van der Waals surface area contributed by atoms with Crippen LogP contribution >= 0.6 is 0 Å². The van der Waals surface area contributed by atoms with Crippen LogP contribution in [0.4, 0.5) is 0 Å². The van der Waals surface area contributed by atoms with E-state index in [4.69, 9.17) is 14.2 Å². The number of esters is 3. The van der Waals surface area contributed by atoms with E-state index in [2.05, 4.69) is 20.8 Å². The van der Waals surface area contributed by atoms with Gasteiger partial charge in [-0.25, -0.2) is 0 Å². The molecule has 1 atom stereocenters. The predicted molar refractivity (Wildman–Crippen MR) is 354 cm³/mol. The Morgan fingerprint density at radius 1 is 0.198 bits per heavy atom. The van der Waals surface area contributed by atoms with Crippen LogP contribution in [0.2, 0.25) is 0 Å². The maximum atomic E-state index is 13.0. The molecule has 0 heterocycles. The fraction of sp³-hybridized carbons (Fsp3) is 0.960. The third-order valence-electron chi connectivity index (χ3n) is 17.6. The third-order valence-corrected chi connectivity index (χ3v) is 17.6. The molecule has 0 aliphatic rings. The first-order valence-electron chi connectivity index (χ1n) is 37.5. The van der Waals surface area contributed by atoms with Crippen LogP contribution in [0, 0.1) is 0 Å². The van der Waals surface area contributed by atoms with E-state index >= 15 is 0 Å². The van der Waals surface area contributed by atoms with Gasteiger partial charge in [0.25, 0.3) is 0 Å². The normalized spacial score (nSPS) is 11.9. The summed E-state index contributed by atoms with van der Waals surface area (Å²) in [6.45, 7) is 6.76. The molecule has 0 rings (SSSR count). The van der Waals surface area contributed by atoms with E-state index in [-0.39, 0.29) is 31.1 Å². The summed E-state index contributed by atoms with van der Waals surface area (Å²) in [7, 11) is 0. The van der Waals surface area contributed by atoms with E-state index in [0.29, 0.717) is 19.3 Å². The zero-order chi connectivity index (χ0) is 58.5. The van der Waals surface area contributed by atoms with Crippen molar-refractivity contribution in [3.05, 3.63) is 0 Å². The molecule has 0 spiro atoms. The van der Waals surface area contributed by atoms with Gasteiger partial charge in [-0.1, -0.05) is 406 Å². The van der Waals surface area contributed by atoms with E-state index in [1.54, 1.807) is 0 Å². The summed E-state index contributed by atoms with van der Waals surface area (Å²) in [6.07, 6.45) is 84.3. The molecule has 0 aliphatic carbocycles. The second kappa shape index (κ2) is 70.9. The predicted octanol–water partition coefficient (Wildman–Crippen LogP) is 25.8. The molecule has 482 valence electrons. The Labute approximate surface area is 508 Å². The van der Waals surface area contributed by atoms with Crippen LogP contribution in [0.25, 0.3) is 0 Å². The van der Waals surface area contributed by atoms with Crippen LogP contribution in [0.1, 0.15) is 445 Å². The van der Waals surface area contributed by atoms with Crippen LogP contribution in [-0.4, -0.2) is 37.2 Å². The largest absolute Gasteiger partial charge is 0.462 e. The highest BCUT2D eigenvalue weighted by atomic mass is 16.6. The number of unbranched alkanes of at least 4 members (excludes halogenated alkanes) is 60. The molecule has 0 amide bonds. The molecule has 0 aliphatic heterocycles. The number of ether oxygens (including phenoxy) is 3. The molecule has 81 heavy (non-hydrogen) atoms. The number of hydrogen-bond acceptors (Lipinski definition) is 6. The van der Waals surface area contributed by atoms with Gasteiger partial charge in [0.2, 0.25) is 0 Å². The molecular formula is C75H146O6. The first-order chi connectivity index (χ1) is 40.0. The van der Waals surface area contributed by atoms with E-state index in [9.17, 15) is 14.4 Å². The van der Waals surface area contributed by atoms with Crippen molar-refractivity contribution in [2.75, 3.05) is 13.2 Å². The Balaban J connectivity index is 4.23. The highest BCUT2D eigenvalue weighted by Crippen LogP contribution is 2.20. The summed E-state index contributed by atoms with van der Waals surface area (Å²) in [6, 6.07) is 0. The van der Waals surface area contributed by atoms with Crippen molar-refractivity contribution in [2.45, 2.75) is 451 Å². The second-order valence-corrected chi connectivity index (χ2v) is 25.9.